The fraction of sp³-hybridized carbons (Fsp3) is 0.400. The van der Waals surface area contributed by atoms with E-state index in [0.29, 0.717) is 22.8 Å². The third-order valence-electron chi connectivity index (χ3n) is 5.65. The van der Waals surface area contributed by atoms with Crippen molar-refractivity contribution in [1.82, 2.24) is 9.91 Å². The summed E-state index contributed by atoms with van der Waals surface area (Å²) >= 11 is 0. The molecular weight excluding hydrogens is 457 g/mol. The van der Waals surface area contributed by atoms with Crippen molar-refractivity contribution in [3.05, 3.63) is 59.4 Å². The lowest BCUT2D eigenvalue weighted by Crippen LogP contribution is -2.44. The average molecular weight is 488 g/mol. The van der Waals surface area contributed by atoms with Gasteiger partial charge in [-0.3, -0.25) is 9.59 Å². The van der Waals surface area contributed by atoms with Gasteiger partial charge in [0, 0.05) is 32.7 Å². The lowest BCUT2D eigenvalue weighted by Gasteiger charge is -2.27. The molecular formula is C25H30FN3O6. The maximum Gasteiger partial charge on any atom is 0.262 e. The molecule has 0 aliphatic carbocycles. The number of carbonyl (C=O) groups excluding carboxylic acids is 2. The molecule has 2 aromatic rings. The molecule has 1 heterocycles. The minimum atomic E-state index is -0.529. The molecule has 0 radical (unpaired) electrons. The predicted octanol–water partition coefficient (Wildman–Crippen LogP) is 2.64. The van der Waals surface area contributed by atoms with Gasteiger partial charge in [-0.25, -0.2) is 9.40 Å². The Bertz CT molecular complexity index is 1080. The minimum absolute atomic E-state index is 0.167. The SMILES string of the molecule is COCCN(CC(=O)N1N=C(c2ccccc2F)C[C@@H]1c1ccc(OC)c(OC)c1)C(=O)COC. The van der Waals surface area contributed by atoms with Gasteiger partial charge in [0.15, 0.2) is 11.5 Å². The molecule has 1 atom stereocenters. The van der Waals surface area contributed by atoms with Crippen molar-refractivity contribution in [2.45, 2.75) is 12.5 Å². The normalized spacial score (nSPS) is 15.1. The summed E-state index contributed by atoms with van der Waals surface area (Å²) in [7, 11) is 5.98. The van der Waals surface area contributed by atoms with Gasteiger partial charge in [-0.1, -0.05) is 24.3 Å². The molecule has 3 rings (SSSR count). The molecule has 10 heteroatoms. The van der Waals surface area contributed by atoms with Crippen LogP contribution in [-0.4, -0.2) is 82.2 Å². The molecule has 2 aromatic carbocycles. The summed E-state index contributed by atoms with van der Waals surface area (Å²) in [6.07, 6.45) is 0.284. The van der Waals surface area contributed by atoms with Crippen molar-refractivity contribution in [3.63, 3.8) is 0 Å². The molecule has 0 saturated heterocycles. The largest absolute Gasteiger partial charge is 0.493 e. The van der Waals surface area contributed by atoms with Gasteiger partial charge in [0.05, 0.1) is 32.6 Å². The van der Waals surface area contributed by atoms with E-state index in [4.69, 9.17) is 18.9 Å². The van der Waals surface area contributed by atoms with Crippen molar-refractivity contribution in [3.8, 4) is 11.5 Å². The first-order chi connectivity index (χ1) is 16.9. The lowest BCUT2D eigenvalue weighted by molar-refractivity contribution is -0.144. The standard InChI is InChI=1S/C25H30FN3O6/c1-32-12-11-28(25(31)16-33-2)15-24(30)29-21(17-9-10-22(34-3)23(13-17)35-4)14-20(27-29)18-7-5-6-8-19(18)26/h5-10,13,21H,11-12,14-16H2,1-4H3/t21-/m1/s1. The van der Waals surface area contributed by atoms with Gasteiger partial charge in [-0.2, -0.15) is 5.10 Å². The maximum atomic E-state index is 14.6. The zero-order valence-electron chi connectivity index (χ0n) is 20.3. The Balaban J connectivity index is 1.96. The number of hydrogen-bond acceptors (Lipinski definition) is 7. The van der Waals surface area contributed by atoms with Crippen LogP contribution in [0.1, 0.15) is 23.6 Å². The quantitative estimate of drug-likeness (QED) is 0.484. The van der Waals surface area contributed by atoms with E-state index in [0.717, 1.165) is 5.56 Å². The second-order valence-electron chi connectivity index (χ2n) is 7.84. The van der Waals surface area contributed by atoms with E-state index in [1.165, 1.54) is 44.4 Å². The summed E-state index contributed by atoms with van der Waals surface area (Å²) in [4.78, 5) is 27.3. The highest BCUT2D eigenvalue weighted by Gasteiger charge is 2.35. The first-order valence-corrected chi connectivity index (χ1v) is 11.1. The number of halogens is 1. The molecule has 0 unspecified atom stereocenters. The van der Waals surface area contributed by atoms with Gasteiger partial charge in [-0.05, 0) is 23.8 Å². The van der Waals surface area contributed by atoms with Gasteiger partial charge < -0.3 is 23.8 Å². The second kappa shape index (κ2) is 12.3. The second-order valence-corrected chi connectivity index (χ2v) is 7.84. The number of hydrazone groups is 1. The maximum absolute atomic E-state index is 14.6. The number of hydrogen-bond donors (Lipinski definition) is 0. The van der Waals surface area contributed by atoms with E-state index < -0.39 is 17.8 Å². The Hall–Kier alpha value is -3.50. The number of amides is 2. The van der Waals surface area contributed by atoms with Crippen LogP contribution in [0.4, 0.5) is 4.39 Å². The summed E-state index contributed by atoms with van der Waals surface area (Å²) < 4.78 is 35.3. The van der Waals surface area contributed by atoms with E-state index >= 15 is 0 Å². The molecule has 0 aromatic heterocycles. The molecule has 0 bridgehead atoms. The minimum Gasteiger partial charge on any atom is -0.493 e. The zero-order chi connectivity index (χ0) is 25.4. The van der Waals surface area contributed by atoms with Crippen molar-refractivity contribution < 1.29 is 32.9 Å². The van der Waals surface area contributed by atoms with Crippen LogP contribution in [0.2, 0.25) is 0 Å². The number of carbonyl (C=O) groups is 2. The molecule has 1 aliphatic heterocycles. The van der Waals surface area contributed by atoms with Crippen LogP contribution in [0.25, 0.3) is 0 Å². The number of methoxy groups -OCH3 is 4. The third-order valence-corrected chi connectivity index (χ3v) is 5.65. The molecule has 1 aliphatic rings. The van der Waals surface area contributed by atoms with Gasteiger partial charge in [0.25, 0.3) is 5.91 Å². The van der Waals surface area contributed by atoms with E-state index in [1.54, 1.807) is 30.3 Å². The molecule has 35 heavy (non-hydrogen) atoms. The van der Waals surface area contributed by atoms with Crippen LogP contribution in [0, 0.1) is 5.82 Å². The first kappa shape index (κ1) is 26.1. The molecule has 0 saturated carbocycles. The molecule has 188 valence electrons. The Morgan fingerprint density at radius 1 is 1.06 bits per heavy atom. The summed E-state index contributed by atoms with van der Waals surface area (Å²) in [5.41, 5.74) is 1.49. The summed E-state index contributed by atoms with van der Waals surface area (Å²) in [6.45, 7) is 0.0675. The number of nitrogens with zero attached hydrogens (tertiary/aromatic N) is 3. The first-order valence-electron chi connectivity index (χ1n) is 11.1. The van der Waals surface area contributed by atoms with Crippen LogP contribution < -0.4 is 9.47 Å². The van der Waals surface area contributed by atoms with Crippen LogP contribution in [0.15, 0.2) is 47.6 Å². The lowest BCUT2D eigenvalue weighted by atomic mass is 9.97. The van der Waals surface area contributed by atoms with Crippen molar-refractivity contribution in [1.29, 1.82) is 0 Å². The van der Waals surface area contributed by atoms with E-state index in [-0.39, 0.29) is 38.6 Å². The molecule has 0 fully saturated rings. The van der Waals surface area contributed by atoms with Gasteiger partial charge in [-0.15, -0.1) is 0 Å². The number of ether oxygens (including phenoxy) is 4. The van der Waals surface area contributed by atoms with Crippen molar-refractivity contribution in [2.75, 3.05) is 54.7 Å². The highest BCUT2D eigenvalue weighted by molar-refractivity contribution is 6.03. The smallest absolute Gasteiger partial charge is 0.262 e. The third kappa shape index (κ3) is 6.14. The molecule has 9 nitrogen and oxygen atoms in total. The number of benzene rings is 2. The number of rotatable bonds is 11. The highest BCUT2D eigenvalue weighted by Crippen LogP contribution is 2.37. The van der Waals surface area contributed by atoms with Crippen LogP contribution >= 0.6 is 0 Å². The van der Waals surface area contributed by atoms with E-state index in [1.807, 2.05) is 6.07 Å². The summed E-state index contributed by atoms with van der Waals surface area (Å²) in [6, 6.07) is 11.1. The molecule has 0 N–H and O–H groups in total. The molecule has 2 amide bonds. The Morgan fingerprint density at radius 3 is 2.46 bits per heavy atom. The monoisotopic (exact) mass is 487 g/mol. The zero-order valence-corrected chi connectivity index (χ0v) is 20.3. The van der Waals surface area contributed by atoms with E-state index in [2.05, 4.69) is 5.10 Å². The Labute approximate surface area is 204 Å². The fourth-order valence-corrected chi connectivity index (χ4v) is 3.86. The predicted molar refractivity (Wildman–Crippen MR) is 127 cm³/mol. The highest BCUT2D eigenvalue weighted by atomic mass is 19.1. The van der Waals surface area contributed by atoms with Crippen LogP contribution in [0.3, 0.4) is 0 Å². The topological polar surface area (TPSA) is 89.9 Å². The molecule has 0 spiro atoms. The fourth-order valence-electron chi connectivity index (χ4n) is 3.86. The van der Waals surface area contributed by atoms with Gasteiger partial charge >= 0.3 is 0 Å². The summed E-state index contributed by atoms with van der Waals surface area (Å²) in [5.74, 6) is -0.162. The Kier molecular flexibility index (Phi) is 9.16. The van der Waals surface area contributed by atoms with Crippen LogP contribution in [-0.2, 0) is 19.1 Å². The average Bonchev–Trinajstić information content (AvgIpc) is 3.31. The van der Waals surface area contributed by atoms with Gasteiger partial charge in [0.1, 0.15) is 19.0 Å². The van der Waals surface area contributed by atoms with Crippen molar-refractivity contribution in [2.24, 2.45) is 5.10 Å². The van der Waals surface area contributed by atoms with Gasteiger partial charge in [0.2, 0.25) is 5.91 Å². The Morgan fingerprint density at radius 2 is 1.80 bits per heavy atom. The van der Waals surface area contributed by atoms with Crippen LogP contribution in [0.5, 0.6) is 11.5 Å². The van der Waals surface area contributed by atoms with E-state index in [9.17, 15) is 14.0 Å². The summed E-state index contributed by atoms with van der Waals surface area (Å²) in [5, 5.41) is 5.81. The van der Waals surface area contributed by atoms with Crippen molar-refractivity contribution >= 4 is 17.5 Å².